The van der Waals surface area contributed by atoms with Crippen LogP contribution in [-0.2, 0) is 9.59 Å². The number of ketones is 1. The van der Waals surface area contributed by atoms with Gasteiger partial charge in [-0.25, -0.2) is 0 Å². The van der Waals surface area contributed by atoms with E-state index >= 15 is 0 Å². The van der Waals surface area contributed by atoms with Crippen LogP contribution >= 0.6 is 0 Å². The quantitative estimate of drug-likeness (QED) is 0.497. The van der Waals surface area contributed by atoms with E-state index < -0.39 is 17.7 Å². The van der Waals surface area contributed by atoms with Gasteiger partial charge in [-0.1, -0.05) is 48.9 Å². The maximum atomic E-state index is 12.8. The summed E-state index contributed by atoms with van der Waals surface area (Å²) in [6, 6.07) is 13.9. The number of aliphatic hydroxyl groups excluding tert-OH is 1. The fraction of sp³-hybridized carbons (Fsp3) is 0.273. The topological polar surface area (TPSA) is 66.8 Å². The van der Waals surface area contributed by atoms with E-state index in [-0.39, 0.29) is 11.3 Å². The van der Waals surface area contributed by atoms with Gasteiger partial charge in [-0.2, -0.15) is 0 Å². The van der Waals surface area contributed by atoms with Gasteiger partial charge in [0.15, 0.2) is 0 Å². The highest BCUT2D eigenvalue weighted by molar-refractivity contribution is 6.46. The van der Waals surface area contributed by atoms with E-state index in [1.54, 1.807) is 29.2 Å². The van der Waals surface area contributed by atoms with Gasteiger partial charge < -0.3 is 14.7 Å². The summed E-state index contributed by atoms with van der Waals surface area (Å²) in [6.07, 6.45) is 0.717. The predicted octanol–water partition coefficient (Wildman–Crippen LogP) is 3.84. The molecule has 27 heavy (non-hydrogen) atoms. The summed E-state index contributed by atoms with van der Waals surface area (Å²) in [6.45, 7) is 4.35. The molecule has 0 aromatic heterocycles. The lowest BCUT2D eigenvalue weighted by molar-refractivity contribution is -0.139. The number of hydrogen-bond acceptors (Lipinski definition) is 4. The molecule has 2 aromatic carbocycles. The zero-order valence-electron chi connectivity index (χ0n) is 15.7. The molecule has 1 saturated heterocycles. The standard InChI is InChI=1S/C22H23NO4/c1-4-11-23-19(15-8-5-7-14(2)12-15)18(21(25)22(23)26)20(24)16-9-6-10-17(13-16)27-3/h5-10,12-13,19,24H,4,11H2,1-3H3/b20-18-. The zero-order valence-corrected chi connectivity index (χ0v) is 15.7. The predicted molar refractivity (Wildman–Crippen MR) is 103 cm³/mol. The highest BCUT2D eigenvalue weighted by Gasteiger charge is 2.45. The molecule has 5 nitrogen and oxygen atoms in total. The minimum Gasteiger partial charge on any atom is -0.507 e. The van der Waals surface area contributed by atoms with Crippen molar-refractivity contribution in [1.82, 2.24) is 4.90 Å². The third-order valence-corrected chi connectivity index (χ3v) is 4.71. The number of carbonyl (C=O) groups is 2. The van der Waals surface area contributed by atoms with Gasteiger partial charge in [-0.3, -0.25) is 9.59 Å². The number of rotatable bonds is 5. The van der Waals surface area contributed by atoms with Gasteiger partial charge >= 0.3 is 0 Å². The maximum Gasteiger partial charge on any atom is 0.295 e. The average molecular weight is 365 g/mol. The molecule has 140 valence electrons. The van der Waals surface area contributed by atoms with Crippen molar-refractivity contribution in [3.05, 3.63) is 70.8 Å². The van der Waals surface area contributed by atoms with Crippen molar-refractivity contribution in [2.45, 2.75) is 26.3 Å². The van der Waals surface area contributed by atoms with E-state index in [0.717, 1.165) is 11.1 Å². The van der Waals surface area contributed by atoms with Crippen LogP contribution in [0.1, 0.15) is 36.1 Å². The third-order valence-electron chi connectivity index (χ3n) is 4.71. The number of Topliss-reactive ketones (excluding diaryl/α,β-unsaturated/α-hetero) is 1. The molecule has 1 amide bonds. The Morgan fingerprint density at radius 3 is 2.56 bits per heavy atom. The van der Waals surface area contributed by atoms with Gasteiger partial charge in [0, 0.05) is 12.1 Å². The van der Waals surface area contributed by atoms with Crippen LogP contribution in [0, 0.1) is 6.92 Å². The van der Waals surface area contributed by atoms with Crippen molar-refractivity contribution in [3.63, 3.8) is 0 Å². The number of carbonyl (C=O) groups excluding carboxylic acids is 2. The highest BCUT2D eigenvalue weighted by Crippen LogP contribution is 2.39. The number of nitrogens with zero attached hydrogens (tertiary/aromatic N) is 1. The molecule has 1 heterocycles. The van der Waals surface area contributed by atoms with E-state index in [9.17, 15) is 14.7 Å². The molecule has 1 unspecified atom stereocenters. The molecule has 0 bridgehead atoms. The monoisotopic (exact) mass is 365 g/mol. The fourth-order valence-corrected chi connectivity index (χ4v) is 3.46. The Hall–Kier alpha value is -3.08. The Morgan fingerprint density at radius 2 is 1.89 bits per heavy atom. The Kier molecular flexibility index (Phi) is 5.31. The molecular formula is C22H23NO4. The van der Waals surface area contributed by atoms with Gasteiger partial charge in [0.25, 0.3) is 11.7 Å². The number of likely N-dealkylation sites (tertiary alicyclic amines) is 1. The minimum atomic E-state index is -0.657. The molecule has 1 fully saturated rings. The lowest BCUT2D eigenvalue weighted by Gasteiger charge is -2.25. The molecule has 1 N–H and O–H groups in total. The van der Waals surface area contributed by atoms with E-state index in [1.165, 1.54) is 7.11 Å². The van der Waals surface area contributed by atoms with E-state index in [4.69, 9.17) is 4.74 Å². The summed E-state index contributed by atoms with van der Waals surface area (Å²) >= 11 is 0. The van der Waals surface area contributed by atoms with Gasteiger partial charge in [-0.05, 0) is 31.0 Å². The number of amides is 1. The van der Waals surface area contributed by atoms with Crippen LogP contribution in [0.3, 0.4) is 0 Å². The summed E-state index contributed by atoms with van der Waals surface area (Å²) in [5.41, 5.74) is 2.40. The minimum absolute atomic E-state index is 0.118. The summed E-state index contributed by atoms with van der Waals surface area (Å²) in [5, 5.41) is 10.9. The normalized spacial score (nSPS) is 18.8. The second-order valence-corrected chi connectivity index (χ2v) is 6.64. The van der Waals surface area contributed by atoms with Crippen molar-refractivity contribution in [3.8, 4) is 5.75 Å². The fourth-order valence-electron chi connectivity index (χ4n) is 3.46. The van der Waals surface area contributed by atoms with Crippen LogP contribution in [0.2, 0.25) is 0 Å². The number of hydrogen-bond donors (Lipinski definition) is 1. The molecule has 1 atom stereocenters. The lowest BCUT2D eigenvalue weighted by Crippen LogP contribution is -2.30. The third kappa shape index (κ3) is 3.45. The SMILES string of the molecule is CCCN1C(=O)C(=O)/C(=C(\O)c2cccc(OC)c2)C1c1cccc(C)c1. The van der Waals surface area contributed by atoms with E-state index in [1.807, 2.05) is 38.1 Å². The first-order valence-electron chi connectivity index (χ1n) is 8.97. The highest BCUT2D eigenvalue weighted by atomic mass is 16.5. The smallest absolute Gasteiger partial charge is 0.295 e. The molecule has 3 rings (SSSR count). The van der Waals surface area contributed by atoms with Crippen molar-refractivity contribution in [2.24, 2.45) is 0 Å². The van der Waals surface area contributed by atoms with Crippen LogP contribution in [0.5, 0.6) is 5.75 Å². The molecule has 0 saturated carbocycles. The summed E-state index contributed by atoms with van der Waals surface area (Å²) in [7, 11) is 1.53. The lowest BCUT2D eigenvalue weighted by atomic mass is 9.94. The first kappa shape index (κ1) is 18.7. The Labute approximate surface area is 158 Å². The zero-order chi connectivity index (χ0) is 19.6. The van der Waals surface area contributed by atoms with Crippen LogP contribution < -0.4 is 4.74 Å². The Balaban J connectivity index is 2.20. The number of benzene rings is 2. The van der Waals surface area contributed by atoms with E-state index in [0.29, 0.717) is 24.3 Å². The molecule has 5 heteroatoms. The molecule has 0 aliphatic carbocycles. The molecule has 1 aliphatic rings. The first-order valence-corrected chi connectivity index (χ1v) is 8.97. The van der Waals surface area contributed by atoms with Gasteiger partial charge in [0.2, 0.25) is 0 Å². The average Bonchev–Trinajstić information content (AvgIpc) is 2.93. The largest absolute Gasteiger partial charge is 0.507 e. The Bertz CT molecular complexity index is 916. The van der Waals surface area contributed by atoms with Crippen LogP contribution in [0.25, 0.3) is 5.76 Å². The van der Waals surface area contributed by atoms with Crippen LogP contribution in [0.15, 0.2) is 54.1 Å². The second-order valence-electron chi connectivity index (χ2n) is 6.64. The molecular weight excluding hydrogens is 342 g/mol. The molecule has 1 aliphatic heterocycles. The van der Waals surface area contributed by atoms with Gasteiger partial charge in [0.05, 0.1) is 18.7 Å². The molecule has 0 spiro atoms. The summed E-state index contributed by atoms with van der Waals surface area (Å²) in [5.74, 6) is -0.852. The van der Waals surface area contributed by atoms with Gasteiger partial charge in [0.1, 0.15) is 11.5 Å². The number of methoxy groups -OCH3 is 1. The van der Waals surface area contributed by atoms with Gasteiger partial charge in [-0.15, -0.1) is 0 Å². The second kappa shape index (κ2) is 7.66. The van der Waals surface area contributed by atoms with Crippen molar-refractivity contribution < 1.29 is 19.4 Å². The number of ether oxygens (including phenoxy) is 1. The number of aliphatic hydroxyl groups is 1. The molecule has 0 radical (unpaired) electrons. The summed E-state index contributed by atoms with van der Waals surface area (Å²) < 4.78 is 5.21. The Morgan fingerprint density at radius 1 is 1.15 bits per heavy atom. The van der Waals surface area contributed by atoms with Crippen LogP contribution in [0.4, 0.5) is 0 Å². The van der Waals surface area contributed by atoms with Crippen LogP contribution in [-0.4, -0.2) is 35.4 Å². The van der Waals surface area contributed by atoms with Crippen molar-refractivity contribution >= 4 is 17.4 Å². The molecule has 2 aromatic rings. The first-order chi connectivity index (χ1) is 13.0. The van der Waals surface area contributed by atoms with E-state index in [2.05, 4.69) is 0 Å². The summed E-state index contributed by atoms with van der Waals surface area (Å²) in [4.78, 5) is 27.0. The number of aryl methyl sites for hydroxylation is 1. The van der Waals surface area contributed by atoms with Crippen molar-refractivity contribution in [1.29, 1.82) is 0 Å². The maximum absolute atomic E-state index is 12.8. The van der Waals surface area contributed by atoms with Crippen molar-refractivity contribution in [2.75, 3.05) is 13.7 Å².